The number of anilines is 1. The molecule has 0 saturated heterocycles. The van der Waals surface area contributed by atoms with Crippen LogP contribution in [0, 0.1) is 17.7 Å². The topological polar surface area (TPSA) is 49.3 Å². The third-order valence-corrected chi connectivity index (χ3v) is 3.62. The van der Waals surface area contributed by atoms with E-state index < -0.39 is 5.97 Å². The van der Waals surface area contributed by atoms with Crippen LogP contribution in [0.15, 0.2) is 24.3 Å². The summed E-state index contributed by atoms with van der Waals surface area (Å²) >= 11 is 0. The Hall–Kier alpha value is -1.58. The number of nitrogens with one attached hydrogen (secondary N) is 1. The van der Waals surface area contributed by atoms with Gasteiger partial charge in [-0.25, -0.2) is 4.39 Å². The average Bonchev–Trinajstić information content (AvgIpc) is 2.37. The van der Waals surface area contributed by atoms with Crippen molar-refractivity contribution in [2.24, 2.45) is 11.8 Å². The molecule has 0 aliphatic heterocycles. The Bertz CT molecular complexity index is 414. The number of rotatable bonds is 4. The van der Waals surface area contributed by atoms with Crippen LogP contribution in [0.1, 0.15) is 25.7 Å². The predicted molar refractivity (Wildman–Crippen MR) is 68.0 cm³/mol. The molecule has 0 aromatic heterocycles. The van der Waals surface area contributed by atoms with Gasteiger partial charge < -0.3 is 10.4 Å². The number of halogens is 1. The van der Waals surface area contributed by atoms with Crippen molar-refractivity contribution < 1.29 is 14.3 Å². The lowest BCUT2D eigenvalue weighted by Gasteiger charge is -2.26. The van der Waals surface area contributed by atoms with Gasteiger partial charge in [0.2, 0.25) is 0 Å². The summed E-state index contributed by atoms with van der Waals surface area (Å²) in [7, 11) is 0. The van der Waals surface area contributed by atoms with E-state index >= 15 is 0 Å². The van der Waals surface area contributed by atoms with Gasteiger partial charge >= 0.3 is 5.97 Å². The number of carboxylic acid groups (broad SMARTS) is 1. The van der Waals surface area contributed by atoms with E-state index in [-0.39, 0.29) is 11.7 Å². The Balaban J connectivity index is 1.77. The van der Waals surface area contributed by atoms with Gasteiger partial charge in [0.1, 0.15) is 5.82 Å². The van der Waals surface area contributed by atoms with Gasteiger partial charge in [-0.15, -0.1) is 0 Å². The zero-order valence-electron chi connectivity index (χ0n) is 10.2. The highest BCUT2D eigenvalue weighted by atomic mass is 19.1. The van der Waals surface area contributed by atoms with Gasteiger partial charge in [-0.3, -0.25) is 4.79 Å². The zero-order chi connectivity index (χ0) is 13.0. The molecule has 1 saturated carbocycles. The first-order chi connectivity index (χ1) is 8.65. The van der Waals surface area contributed by atoms with Crippen molar-refractivity contribution in [1.82, 2.24) is 0 Å². The van der Waals surface area contributed by atoms with Gasteiger partial charge in [-0.05, 0) is 49.8 Å². The largest absolute Gasteiger partial charge is 0.481 e. The summed E-state index contributed by atoms with van der Waals surface area (Å²) in [6, 6.07) is 6.41. The lowest BCUT2D eigenvalue weighted by molar-refractivity contribution is -0.143. The van der Waals surface area contributed by atoms with Gasteiger partial charge in [0.15, 0.2) is 0 Å². The van der Waals surface area contributed by atoms with Crippen molar-refractivity contribution in [3.8, 4) is 0 Å². The molecule has 1 aliphatic carbocycles. The van der Waals surface area contributed by atoms with Crippen LogP contribution in [-0.2, 0) is 4.79 Å². The molecule has 98 valence electrons. The Kier molecular flexibility index (Phi) is 4.18. The summed E-state index contributed by atoms with van der Waals surface area (Å²) in [4.78, 5) is 10.8. The highest BCUT2D eigenvalue weighted by Gasteiger charge is 2.25. The van der Waals surface area contributed by atoms with Crippen molar-refractivity contribution in [3.63, 3.8) is 0 Å². The Morgan fingerprint density at radius 3 is 2.67 bits per heavy atom. The van der Waals surface area contributed by atoms with Crippen molar-refractivity contribution in [1.29, 1.82) is 0 Å². The summed E-state index contributed by atoms with van der Waals surface area (Å²) in [5, 5.41) is 12.1. The highest BCUT2D eigenvalue weighted by molar-refractivity contribution is 5.70. The fourth-order valence-corrected chi connectivity index (χ4v) is 2.47. The van der Waals surface area contributed by atoms with E-state index in [1.165, 1.54) is 12.1 Å². The van der Waals surface area contributed by atoms with E-state index in [1.807, 2.05) is 6.07 Å². The van der Waals surface area contributed by atoms with Crippen molar-refractivity contribution in [3.05, 3.63) is 30.1 Å². The first kappa shape index (κ1) is 12.9. The van der Waals surface area contributed by atoms with Gasteiger partial charge in [0.05, 0.1) is 5.92 Å². The number of carbonyl (C=O) groups is 1. The van der Waals surface area contributed by atoms with Crippen LogP contribution in [-0.4, -0.2) is 17.6 Å². The summed E-state index contributed by atoms with van der Waals surface area (Å²) in [6.45, 7) is 0.787. The maximum absolute atomic E-state index is 13.0. The van der Waals surface area contributed by atoms with E-state index in [4.69, 9.17) is 5.11 Å². The SMILES string of the molecule is O=C(O)C1CCC(CNc2cccc(F)c2)CC1. The molecule has 1 aromatic carbocycles. The van der Waals surface area contributed by atoms with Gasteiger partial charge in [-0.1, -0.05) is 6.07 Å². The van der Waals surface area contributed by atoms with Crippen LogP contribution in [0.5, 0.6) is 0 Å². The molecule has 1 aromatic rings. The molecule has 18 heavy (non-hydrogen) atoms. The molecule has 0 radical (unpaired) electrons. The minimum absolute atomic E-state index is 0.171. The standard InChI is InChI=1S/C14H18FNO2/c15-12-2-1-3-13(8-12)16-9-10-4-6-11(7-5-10)14(17)18/h1-3,8,10-11,16H,4-7,9H2,(H,17,18). The molecule has 0 spiro atoms. The molecule has 1 fully saturated rings. The molecule has 2 N–H and O–H groups in total. The average molecular weight is 251 g/mol. The van der Waals surface area contributed by atoms with Gasteiger partial charge in [0.25, 0.3) is 0 Å². The molecule has 0 atom stereocenters. The first-order valence-electron chi connectivity index (χ1n) is 6.37. The lowest BCUT2D eigenvalue weighted by Crippen LogP contribution is -2.25. The molecular weight excluding hydrogens is 233 g/mol. The molecule has 0 bridgehead atoms. The molecule has 0 unspecified atom stereocenters. The summed E-state index contributed by atoms with van der Waals surface area (Å²) in [5.74, 6) is -0.597. The molecule has 0 heterocycles. The zero-order valence-corrected chi connectivity index (χ0v) is 10.2. The molecule has 0 amide bonds. The summed E-state index contributed by atoms with van der Waals surface area (Å²) in [6.07, 6.45) is 3.37. The van der Waals surface area contributed by atoms with Crippen LogP contribution in [0.4, 0.5) is 10.1 Å². The Morgan fingerprint density at radius 2 is 2.06 bits per heavy atom. The fraction of sp³-hybridized carbons (Fsp3) is 0.500. The normalized spacial score (nSPS) is 23.6. The highest BCUT2D eigenvalue weighted by Crippen LogP contribution is 2.29. The number of carboxylic acids is 1. The second kappa shape index (κ2) is 5.85. The number of aliphatic carboxylic acids is 1. The third-order valence-electron chi connectivity index (χ3n) is 3.62. The quantitative estimate of drug-likeness (QED) is 0.864. The fourth-order valence-electron chi connectivity index (χ4n) is 2.47. The monoisotopic (exact) mass is 251 g/mol. The lowest BCUT2D eigenvalue weighted by atomic mass is 9.82. The van der Waals surface area contributed by atoms with Gasteiger partial charge in [0, 0.05) is 12.2 Å². The maximum atomic E-state index is 13.0. The Morgan fingerprint density at radius 1 is 1.33 bits per heavy atom. The van der Waals surface area contributed by atoms with Crippen molar-refractivity contribution in [2.45, 2.75) is 25.7 Å². The van der Waals surface area contributed by atoms with E-state index in [9.17, 15) is 9.18 Å². The molecule has 1 aliphatic rings. The number of hydrogen-bond acceptors (Lipinski definition) is 2. The molecular formula is C14H18FNO2. The summed E-state index contributed by atoms with van der Waals surface area (Å²) in [5.41, 5.74) is 0.787. The second-order valence-corrected chi connectivity index (χ2v) is 4.95. The van der Waals surface area contributed by atoms with Crippen molar-refractivity contribution in [2.75, 3.05) is 11.9 Å². The van der Waals surface area contributed by atoms with E-state index in [0.29, 0.717) is 5.92 Å². The van der Waals surface area contributed by atoms with Crippen LogP contribution < -0.4 is 5.32 Å². The minimum Gasteiger partial charge on any atom is -0.481 e. The third kappa shape index (κ3) is 3.45. The Labute approximate surface area is 106 Å². The van der Waals surface area contributed by atoms with Gasteiger partial charge in [-0.2, -0.15) is 0 Å². The van der Waals surface area contributed by atoms with Crippen molar-refractivity contribution >= 4 is 11.7 Å². The van der Waals surface area contributed by atoms with E-state index in [2.05, 4.69) is 5.32 Å². The van der Waals surface area contributed by atoms with Crippen LogP contribution >= 0.6 is 0 Å². The number of hydrogen-bond donors (Lipinski definition) is 2. The maximum Gasteiger partial charge on any atom is 0.306 e. The molecule has 4 heteroatoms. The van der Waals surface area contributed by atoms with Crippen LogP contribution in [0.25, 0.3) is 0 Å². The van der Waals surface area contributed by atoms with Crippen LogP contribution in [0.2, 0.25) is 0 Å². The smallest absolute Gasteiger partial charge is 0.306 e. The van der Waals surface area contributed by atoms with E-state index in [1.54, 1.807) is 6.07 Å². The first-order valence-corrected chi connectivity index (χ1v) is 6.37. The predicted octanol–water partition coefficient (Wildman–Crippen LogP) is 3.13. The number of benzene rings is 1. The molecule has 2 rings (SSSR count). The van der Waals surface area contributed by atoms with E-state index in [0.717, 1.165) is 37.9 Å². The molecule has 3 nitrogen and oxygen atoms in total. The van der Waals surface area contributed by atoms with Crippen LogP contribution in [0.3, 0.4) is 0 Å². The second-order valence-electron chi connectivity index (χ2n) is 4.95. The summed E-state index contributed by atoms with van der Waals surface area (Å²) < 4.78 is 13.0. The minimum atomic E-state index is -0.675.